The number of hydrogen-bond donors (Lipinski definition) is 6. The van der Waals surface area contributed by atoms with Gasteiger partial charge in [0.05, 0.1) is 67.7 Å². The summed E-state index contributed by atoms with van der Waals surface area (Å²) in [6, 6.07) is 7.57. The summed E-state index contributed by atoms with van der Waals surface area (Å²) in [5.74, 6) is 1.17. The lowest BCUT2D eigenvalue weighted by Gasteiger charge is -2.47. The van der Waals surface area contributed by atoms with E-state index in [9.17, 15) is 55.7 Å². The number of aliphatic hydroxyl groups excluding tert-OH is 1. The summed E-state index contributed by atoms with van der Waals surface area (Å²) in [6.45, 7) is 4.16. The molecule has 0 saturated carbocycles. The number of alkyl halides is 6. The van der Waals surface area contributed by atoms with E-state index in [-0.39, 0.29) is 17.3 Å². The van der Waals surface area contributed by atoms with E-state index < -0.39 is 108 Å². The van der Waals surface area contributed by atoms with Crippen LogP contribution in [0.25, 0.3) is 11.3 Å². The highest BCUT2D eigenvalue weighted by molar-refractivity contribution is 5.87. The van der Waals surface area contributed by atoms with Gasteiger partial charge in [-0.1, -0.05) is 24.0 Å². The SMILES string of the molecule is COC(=O)N[C@H](C(=O)N[C@@H](Cc1ccc(C#Cc2ccc(N3CC4CCC(C3)N4C3COC3)nc2)cc1)[C@@H](O)CN(Cc1c(F)cc(-c2ccn([C@@H]3CCOC3)n2)cc1F)NC(=O)[C@@H](NC(=O)O)C(C)(C)C(F)(F)F)C(C)(C)C(F)(F)F. The van der Waals surface area contributed by atoms with E-state index >= 15 is 8.78 Å². The van der Waals surface area contributed by atoms with Crippen LogP contribution in [0, 0.1) is 34.3 Å². The number of carbonyl (C=O) groups is 4. The highest BCUT2D eigenvalue weighted by atomic mass is 19.4. The van der Waals surface area contributed by atoms with Crippen molar-refractivity contribution in [2.75, 3.05) is 58.1 Å². The number of amides is 4. The van der Waals surface area contributed by atoms with Gasteiger partial charge in [-0.15, -0.1) is 0 Å². The number of nitrogens with zero attached hydrogens (tertiary/aromatic N) is 6. The number of carbonyl (C=O) groups excluding carboxylic acids is 3. The summed E-state index contributed by atoms with van der Waals surface area (Å²) in [4.78, 5) is 61.9. The van der Waals surface area contributed by atoms with E-state index in [1.54, 1.807) is 29.2 Å². The second-order valence-electron chi connectivity index (χ2n) is 22.0. The molecule has 8 rings (SSSR count). The number of hydrogen-bond acceptors (Lipinski definition) is 13. The van der Waals surface area contributed by atoms with Crippen LogP contribution < -0.4 is 26.3 Å². The quantitative estimate of drug-likeness (QED) is 0.0355. The van der Waals surface area contributed by atoms with Crippen molar-refractivity contribution in [2.24, 2.45) is 10.8 Å². The van der Waals surface area contributed by atoms with Crippen LogP contribution in [0.5, 0.6) is 0 Å². The van der Waals surface area contributed by atoms with Gasteiger partial charge in [0.25, 0.3) is 5.91 Å². The molecule has 0 radical (unpaired) electrons. The van der Waals surface area contributed by atoms with Gasteiger partial charge in [0.1, 0.15) is 29.5 Å². The van der Waals surface area contributed by atoms with Crippen LogP contribution >= 0.6 is 0 Å². The molecule has 4 aliphatic heterocycles. The Morgan fingerprint density at radius 1 is 0.780 bits per heavy atom. The molecule has 82 heavy (non-hydrogen) atoms. The van der Waals surface area contributed by atoms with Crippen molar-refractivity contribution in [1.82, 2.24) is 46.0 Å². The molecule has 27 heteroatoms. The zero-order chi connectivity index (χ0) is 59.5. The van der Waals surface area contributed by atoms with Gasteiger partial charge in [0, 0.05) is 79.5 Å². The molecule has 4 amide bonds. The number of alkyl carbamates (subject to hydrolysis) is 1. The molecule has 7 atom stereocenters. The number of aromatic nitrogens is 3. The minimum Gasteiger partial charge on any atom is -0.465 e. The number of aliphatic hydroxyl groups is 1. The van der Waals surface area contributed by atoms with E-state index in [1.807, 2.05) is 22.9 Å². The molecular formula is C55H64F8N10O9. The van der Waals surface area contributed by atoms with Crippen molar-refractivity contribution in [3.63, 3.8) is 0 Å². The molecule has 19 nitrogen and oxygen atoms in total. The fourth-order valence-electron chi connectivity index (χ4n) is 10.5. The van der Waals surface area contributed by atoms with Gasteiger partial charge in [0.15, 0.2) is 0 Å². The Hall–Kier alpha value is -7.12. The topological polar surface area (TPSA) is 225 Å². The Morgan fingerprint density at radius 2 is 1.38 bits per heavy atom. The minimum absolute atomic E-state index is 0.0426. The molecule has 4 fully saturated rings. The van der Waals surface area contributed by atoms with Crippen molar-refractivity contribution in [3.05, 3.63) is 101 Å². The molecule has 4 aromatic rings. The third-order valence-corrected chi connectivity index (χ3v) is 15.7. The lowest BCUT2D eigenvalue weighted by Crippen LogP contribution is -2.63. The molecule has 2 bridgehead atoms. The number of ether oxygens (including phenoxy) is 3. The average molecular weight is 1160 g/mol. The second kappa shape index (κ2) is 24.8. The Labute approximate surface area is 467 Å². The molecular weight excluding hydrogens is 1100 g/mol. The molecule has 6 N–H and O–H groups in total. The number of carboxylic acid groups (broad SMARTS) is 1. The number of halogens is 8. The van der Waals surface area contributed by atoms with Crippen molar-refractivity contribution in [2.45, 2.75) is 121 Å². The number of rotatable bonds is 19. The number of fused-ring (bicyclic) bond motifs is 2. The molecule has 4 saturated heterocycles. The average Bonchev–Trinajstić information content (AvgIpc) is 4.19. The summed E-state index contributed by atoms with van der Waals surface area (Å²) in [5.41, 5.74) is -3.45. The molecule has 4 aliphatic rings. The Kier molecular flexibility index (Phi) is 18.4. The standard InChI is InChI=1S/C55H64F8N10O9/c1-52(2,54(58,59)60)46(67-51(79)80-5)48(75)65-43(20-32-9-6-31(7-10-32)8-11-33-12-15-45(64-23-33)70-24-35-13-14-36(25-70)73(35)38-29-82-30-38)44(74)27-71(69-49(76)47(66-50(77)78)53(3,4)55(61,62)63)26-39-40(56)21-34(22-41(39)57)42-16-18-72(68-42)37-17-19-81-28-37/h6-7,9-10,12,15-16,18,21-23,35-38,43-44,46-47,66,74H,13-14,17,19-20,24-30H2,1-5H3,(H,65,75)(H,67,79)(H,69,76)(H,77,78)/t35?,36?,37-,43+,44+,46-,47-/m1/s1. The minimum atomic E-state index is -5.24. The summed E-state index contributed by atoms with van der Waals surface area (Å²) < 4.78 is 137. The summed E-state index contributed by atoms with van der Waals surface area (Å²) >= 11 is 0. The highest BCUT2D eigenvalue weighted by Crippen LogP contribution is 2.42. The van der Waals surface area contributed by atoms with Crippen LogP contribution in [0.4, 0.5) is 50.5 Å². The lowest BCUT2D eigenvalue weighted by atomic mass is 9.82. The smallest absolute Gasteiger partial charge is 0.407 e. The summed E-state index contributed by atoms with van der Waals surface area (Å²) in [6.07, 6.45) is -10.3. The molecule has 2 aromatic carbocycles. The fraction of sp³-hybridized carbons (Fsp3) is 0.527. The van der Waals surface area contributed by atoms with Crippen LogP contribution in [-0.2, 0) is 36.8 Å². The lowest BCUT2D eigenvalue weighted by molar-refractivity contribution is -0.221. The van der Waals surface area contributed by atoms with Crippen molar-refractivity contribution >= 4 is 29.8 Å². The Balaban J connectivity index is 1.07. The molecule has 6 heterocycles. The van der Waals surface area contributed by atoms with E-state index in [2.05, 4.69) is 41.8 Å². The van der Waals surface area contributed by atoms with Crippen LogP contribution in [0.3, 0.4) is 0 Å². The molecule has 0 spiro atoms. The number of piperazine rings is 1. The molecule has 2 unspecified atom stereocenters. The molecule has 444 valence electrons. The maximum absolute atomic E-state index is 16.3. The maximum atomic E-state index is 16.3. The van der Waals surface area contributed by atoms with Gasteiger partial charge in [0.2, 0.25) is 5.91 Å². The van der Waals surface area contributed by atoms with Crippen molar-refractivity contribution < 1.29 is 78.7 Å². The van der Waals surface area contributed by atoms with Crippen LogP contribution in [0.15, 0.2) is 67.0 Å². The first kappa shape index (κ1) is 61.0. The summed E-state index contributed by atoms with van der Waals surface area (Å²) in [5, 5.41) is 32.4. The first-order valence-electron chi connectivity index (χ1n) is 26.4. The van der Waals surface area contributed by atoms with Crippen LogP contribution in [0.2, 0.25) is 0 Å². The zero-order valence-corrected chi connectivity index (χ0v) is 45.4. The Morgan fingerprint density at radius 3 is 1.91 bits per heavy atom. The molecule has 2 aromatic heterocycles. The number of pyridine rings is 1. The van der Waals surface area contributed by atoms with Crippen molar-refractivity contribution in [1.29, 1.82) is 0 Å². The second-order valence-corrected chi connectivity index (χ2v) is 22.0. The van der Waals surface area contributed by atoms with E-state index in [1.165, 1.54) is 23.5 Å². The third kappa shape index (κ3) is 13.9. The number of nitrogens with one attached hydrogen (secondary N) is 4. The Bertz CT molecular complexity index is 2960. The predicted octanol–water partition coefficient (Wildman–Crippen LogP) is 6.10. The maximum Gasteiger partial charge on any atom is 0.407 e. The number of anilines is 1. The van der Waals surface area contributed by atoms with E-state index in [0.29, 0.717) is 87.2 Å². The predicted molar refractivity (Wildman–Crippen MR) is 278 cm³/mol. The van der Waals surface area contributed by atoms with Crippen molar-refractivity contribution in [3.8, 4) is 23.1 Å². The van der Waals surface area contributed by atoms with Gasteiger partial charge in [-0.05, 0) is 101 Å². The first-order valence-corrected chi connectivity index (χ1v) is 26.4. The normalized spacial score (nSPS) is 20.2. The monoisotopic (exact) mass is 1160 g/mol. The number of benzene rings is 2. The van der Waals surface area contributed by atoms with Gasteiger partial charge >= 0.3 is 24.5 Å². The fourth-order valence-corrected chi connectivity index (χ4v) is 10.5. The highest BCUT2D eigenvalue weighted by Gasteiger charge is 2.57. The summed E-state index contributed by atoms with van der Waals surface area (Å²) in [7, 11) is 0.839. The van der Waals surface area contributed by atoms with Gasteiger partial charge in [-0.25, -0.2) is 28.4 Å². The van der Waals surface area contributed by atoms with Gasteiger partial charge in [-0.3, -0.25) is 24.6 Å². The van der Waals surface area contributed by atoms with Gasteiger partial charge < -0.3 is 45.3 Å². The zero-order valence-electron chi connectivity index (χ0n) is 45.4. The van der Waals surface area contributed by atoms with E-state index in [4.69, 9.17) is 9.47 Å². The molecule has 0 aliphatic carbocycles. The first-order chi connectivity index (χ1) is 38.6. The largest absolute Gasteiger partial charge is 0.465 e. The van der Waals surface area contributed by atoms with Crippen LogP contribution in [0.1, 0.15) is 75.3 Å². The van der Waals surface area contributed by atoms with Crippen LogP contribution in [-0.4, -0.2) is 167 Å². The third-order valence-electron chi connectivity index (χ3n) is 15.7. The number of hydrazine groups is 1. The van der Waals surface area contributed by atoms with Gasteiger partial charge in [-0.2, -0.15) is 31.4 Å². The van der Waals surface area contributed by atoms with E-state index in [0.717, 1.165) is 64.2 Å². The number of methoxy groups -OCH3 is 1.